The Kier molecular flexibility index (Phi) is 12.4. The summed E-state index contributed by atoms with van der Waals surface area (Å²) >= 11 is 4.02. The number of nitrogens with two attached hydrogens (primary N) is 3. The number of aromatic amines is 1. The summed E-state index contributed by atoms with van der Waals surface area (Å²) in [5.74, 6) is -3.94. The molecule has 1 aromatic rings. The zero-order valence-electron chi connectivity index (χ0n) is 18.3. The molecule has 190 valence electrons. The highest BCUT2D eigenvalue weighted by atomic mass is 32.1. The monoisotopic (exact) mass is 501 g/mol. The zero-order valence-corrected chi connectivity index (χ0v) is 19.2. The van der Waals surface area contributed by atoms with Gasteiger partial charge in [0, 0.05) is 30.6 Å². The zero-order chi connectivity index (χ0) is 25.7. The van der Waals surface area contributed by atoms with Crippen LogP contribution >= 0.6 is 12.6 Å². The van der Waals surface area contributed by atoms with E-state index in [1.54, 1.807) is 0 Å². The van der Waals surface area contributed by atoms with E-state index in [0.717, 1.165) is 0 Å². The number of aliphatic carboxylic acids is 1. The number of aliphatic hydroxyl groups is 1. The van der Waals surface area contributed by atoms with Crippen LogP contribution in [0.3, 0.4) is 0 Å². The number of amides is 3. The van der Waals surface area contributed by atoms with E-state index in [9.17, 15) is 29.4 Å². The summed E-state index contributed by atoms with van der Waals surface area (Å²) < 4.78 is 0. The quantitative estimate of drug-likeness (QED) is 0.0479. The van der Waals surface area contributed by atoms with Gasteiger partial charge >= 0.3 is 5.97 Å². The van der Waals surface area contributed by atoms with Crippen molar-refractivity contribution in [1.82, 2.24) is 25.9 Å². The van der Waals surface area contributed by atoms with Crippen LogP contribution in [0.4, 0.5) is 0 Å². The van der Waals surface area contributed by atoms with Crippen molar-refractivity contribution in [3.05, 3.63) is 18.2 Å². The minimum atomic E-state index is -1.40. The largest absolute Gasteiger partial charge is 0.480 e. The first kappa shape index (κ1) is 28.7. The third kappa shape index (κ3) is 10.1. The summed E-state index contributed by atoms with van der Waals surface area (Å²) in [5, 5.41) is 25.8. The number of hydrogen-bond donors (Lipinski definition) is 10. The molecule has 1 heterocycles. The lowest BCUT2D eigenvalue weighted by atomic mass is 10.1. The summed E-state index contributed by atoms with van der Waals surface area (Å²) in [4.78, 5) is 59.0. The maximum absolute atomic E-state index is 12.5. The molecular formula is C18H31N9O6S. The van der Waals surface area contributed by atoms with Gasteiger partial charge in [-0.1, -0.05) is 0 Å². The standard InChI is InChI=1S/C18H31N9O6S/c19-10(2-1-3-23-18(20)21)14(29)26-12(6-28)15(30)27-13(7-34)16(31)25-11(17(32)33)4-9-5-22-8-24-9/h5,8,10-13,28,34H,1-4,6-7,19H2,(H,22,24)(H,25,31)(H,26,29)(H,27,30)(H,32,33)(H4,20,21,23)/t10-,11-,12-,13-/m0/s1. The molecular weight excluding hydrogens is 470 g/mol. The molecule has 1 rings (SSSR count). The number of nitrogens with zero attached hydrogens (tertiary/aromatic N) is 2. The van der Waals surface area contributed by atoms with Crippen molar-refractivity contribution in [3.8, 4) is 0 Å². The van der Waals surface area contributed by atoms with Gasteiger partial charge in [-0.3, -0.25) is 19.4 Å². The third-order valence-electron chi connectivity index (χ3n) is 4.53. The Morgan fingerprint density at radius 2 is 1.71 bits per heavy atom. The molecule has 0 aliphatic rings. The highest BCUT2D eigenvalue weighted by Gasteiger charge is 2.29. The summed E-state index contributed by atoms with van der Waals surface area (Å²) in [7, 11) is 0. The number of carboxylic acid groups (broad SMARTS) is 1. The lowest BCUT2D eigenvalue weighted by Crippen LogP contribution is -2.58. The molecule has 0 aliphatic carbocycles. The smallest absolute Gasteiger partial charge is 0.326 e. The van der Waals surface area contributed by atoms with Gasteiger partial charge < -0.3 is 48.3 Å². The molecule has 12 N–H and O–H groups in total. The van der Waals surface area contributed by atoms with E-state index in [1.165, 1.54) is 12.5 Å². The number of thiol groups is 1. The van der Waals surface area contributed by atoms with Crippen LogP contribution in [-0.2, 0) is 25.6 Å². The van der Waals surface area contributed by atoms with Gasteiger partial charge in [0.05, 0.1) is 19.0 Å². The topological polar surface area (TPSA) is 264 Å². The fourth-order valence-electron chi connectivity index (χ4n) is 2.68. The number of guanidine groups is 1. The maximum Gasteiger partial charge on any atom is 0.326 e. The lowest BCUT2D eigenvalue weighted by Gasteiger charge is -2.23. The average Bonchev–Trinajstić information content (AvgIpc) is 3.30. The maximum atomic E-state index is 12.5. The number of carbonyl (C=O) groups is 4. The van der Waals surface area contributed by atoms with Crippen molar-refractivity contribution in [2.24, 2.45) is 22.2 Å². The normalized spacial score (nSPS) is 14.2. The molecule has 15 nitrogen and oxygen atoms in total. The van der Waals surface area contributed by atoms with Crippen LogP contribution < -0.4 is 33.2 Å². The second-order valence-electron chi connectivity index (χ2n) is 7.22. The van der Waals surface area contributed by atoms with Gasteiger partial charge in [-0.2, -0.15) is 12.6 Å². The minimum Gasteiger partial charge on any atom is -0.480 e. The van der Waals surface area contributed by atoms with Gasteiger partial charge in [0.2, 0.25) is 17.7 Å². The minimum absolute atomic E-state index is 0.0648. The Labute approximate surface area is 200 Å². The van der Waals surface area contributed by atoms with Gasteiger partial charge in [-0.25, -0.2) is 9.78 Å². The molecule has 0 saturated heterocycles. The van der Waals surface area contributed by atoms with E-state index in [2.05, 4.69) is 43.5 Å². The summed E-state index contributed by atoms with van der Waals surface area (Å²) in [6.07, 6.45) is 3.35. The second-order valence-corrected chi connectivity index (χ2v) is 7.59. The van der Waals surface area contributed by atoms with Crippen molar-refractivity contribution in [3.63, 3.8) is 0 Å². The van der Waals surface area contributed by atoms with E-state index in [1.807, 2.05) is 0 Å². The molecule has 16 heteroatoms. The highest BCUT2D eigenvalue weighted by Crippen LogP contribution is 2.01. The molecule has 0 radical (unpaired) electrons. The van der Waals surface area contributed by atoms with Crippen LogP contribution in [0.15, 0.2) is 17.5 Å². The van der Waals surface area contributed by atoms with E-state index < -0.39 is 54.5 Å². The van der Waals surface area contributed by atoms with Crippen LogP contribution in [0.2, 0.25) is 0 Å². The van der Waals surface area contributed by atoms with Gasteiger partial charge in [0.25, 0.3) is 0 Å². The van der Waals surface area contributed by atoms with Crippen LogP contribution in [0, 0.1) is 0 Å². The Bertz CT molecular complexity index is 847. The van der Waals surface area contributed by atoms with Crippen molar-refractivity contribution in [2.45, 2.75) is 43.4 Å². The van der Waals surface area contributed by atoms with Crippen molar-refractivity contribution >= 4 is 42.3 Å². The number of nitrogens with one attached hydrogen (secondary N) is 4. The fraction of sp³-hybridized carbons (Fsp3) is 0.556. The molecule has 0 bridgehead atoms. The number of hydrogen-bond acceptors (Lipinski definition) is 9. The Hall–Kier alpha value is -3.37. The van der Waals surface area contributed by atoms with Gasteiger partial charge in [0.15, 0.2) is 5.96 Å². The number of carbonyl (C=O) groups excluding carboxylic acids is 3. The van der Waals surface area contributed by atoms with Crippen LogP contribution in [0.5, 0.6) is 0 Å². The predicted octanol–water partition coefficient (Wildman–Crippen LogP) is -4.21. The van der Waals surface area contributed by atoms with E-state index in [-0.39, 0.29) is 31.1 Å². The number of aliphatic hydroxyl groups excluding tert-OH is 1. The average molecular weight is 502 g/mol. The first-order valence-corrected chi connectivity index (χ1v) is 10.9. The second kappa shape index (κ2) is 14.7. The molecule has 4 atom stereocenters. The van der Waals surface area contributed by atoms with Gasteiger partial charge in [-0.05, 0) is 12.8 Å². The number of rotatable bonds is 15. The summed E-state index contributed by atoms with van der Waals surface area (Å²) in [6.45, 7) is -0.500. The highest BCUT2D eigenvalue weighted by molar-refractivity contribution is 7.80. The summed E-state index contributed by atoms with van der Waals surface area (Å²) in [5.41, 5.74) is 16.7. The van der Waals surface area contributed by atoms with Crippen molar-refractivity contribution in [2.75, 3.05) is 18.9 Å². The number of imidazole rings is 1. The summed E-state index contributed by atoms with van der Waals surface area (Å²) in [6, 6.07) is -4.92. The van der Waals surface area contributed by atoms with E-state index >= 15 is 0 Å². The third-order valence-corrected chi connectivity index (χ3v) is 4.89. The Balaban J connectivity index is 2.65. The molecule has 0 saturated carbocycles. The SMILES string of the molecule is NC(N)=NCCC[C@H](N)C(=O)N[C@@H](CO)C(=O)N[C@@H](CS)C(=O)N[C@@H](Cc1cnc[nH]1)C(=O)O. The first-order valence-electron chi connectivity index (χ1n) is 10.2. The van der Waals surface area contributed by atoms with Crippen LogP contribution in [0.25, 0.3) is 0 Å². The molecule has 1 aromatic heterocycles. The van der Waals surface area contributed by atoms with Crippen LogP contribution in [0.1, 0.15) is 18.5 Å². The lowest BCUT2D eigenvalue weighted by molar-refractivity contribution is -0.142. The number of aliphatic imine (C=N–C) groups is 1. The van der Waals surface area contributed by atoms with Crippen molar-refractivity contribution in [1.29, 1.82) is 0 Å². The molecule has 3 amide bonds. The van der Waals surface area contributed by atoms with Gasteiger partial charge in [0.1, 0.15) is 18.1 Å². The number of aromatic nitrogens is 2. The van der Waals surface area contributed by atoms with Crippen molar-refractivity contribution < 1.29 is 29.4 Å². The molecule has 0 unspecified atom stereocenters. The van der Waals surface area contributed by atoms with Gasteiger partial charge in [-0.15, -0.1) is 0 Å². The van der Waals surface area contributed by atoms with E-state index in [4.69, 9.17) is 17.2 Å². The predicted molar refractivity (Wildman–Crippen MR) is 125 cm³/mol. The Morgan fingerprint density at radius 3 is 2.24 bits per heavy atom. The van der Waals surface area contributed by atoms with E-state index in [0.29, 0.717) is 12.1 Å². The molecule has 34 heavy (non-hydrogen) atoms. The van der Waals surface area contributed by atoms with Crippen LogP contribution in [-0.4, -0.2) is 92.9 Å². The molecule has 0 fully saturated rings. The molecule has 0 aromatic carbocycles. The first-order chi connectivity index (χ1) is 16.1. The Morgan fingerprint density at radius 1 is 1.09 bits per heavy atom. The number of carboxylic acids is 1. The fourth-order valence-corrected chi connectivity index (χ4v) is 2.94. The molecule has 0 aliphatic heterocycles. The number of H-pyrrole nitrogens is 1. The molecule has 0 spiro atoms.